The second kappa shape index (κ2) is 8.01. The van der Waals surface area contributed by atoms with Gasteiger partial charge in [-0.2, -0.15) is 5.10 Å². The van der Waals surface area contributed by atoms with E-state index in [2.05, 4.69) is 28.6 Å². The van der Waals surface area contributed by atoms with E-state index >= 15 is 0 Å². The average Bonchev–Trinajstić information content (AvgIpc) is 2.90. The number of hydrogen-bond acceptors (Lipinski definition) is 4. The quantitative estimate of drug-likeness (QED) is 0.822. The smallest absolute Gasteiger partial charge is 0.236 e. The van der Waals surface area contributed by atoms with E-state index in [1.54, 1.807) is 19.0 Å². The Hall–Kier alpha value is -2.18. The van der Waals surface area contributed by atoms with Gasteiger partial charge in [0, 0.05) is 31.9 Å². The van der Waals surface area contributed by atoms with Crippen LogP contribution in [0.1, 0.15) is 28.6 Å². The summed E-state index contributed by atoms with van der Waals surface area (Å²) in [5.41, 5.74) is 4.57. The number of hydrogen-bond donors (Lipinski definition) is 0. The van der Waals surface area contributed by atoms with Gasteiger partial charge in [-0.3, -0.25) is 14.4 Å². The minimum absolute atomic E-state index is 0.0668. The Morgan fingerprint density at radius 1 is 1.27 bits per heavy atom. The van der Waals surface area contributed by atoms with Crippen molar-refractivity contribution in [2.75, 3.05) is 40.4 Å². The van der Waals surface area contributed by atoms with Crippen LogP contribution in [0.2, 0.25) is 0 Å². The first-order chi connectivity index (χ1) is 12.5. The van der Waals surface area contributed by atoms with Gasteiger partial charge in [-0.1, -0.05) is 30.3 Å². The summed E-state index contributed by atoms with van der Waals surface area (Å²) < 4.78 is 7.80. The third kappa shape index (κ3) is 3.97. The molecule has 0 spiro atoms. The van der Waals surface area contributed by atoms with Crippen molar-refractivity contribution in [2.45, 2.75) is 26.4 Å². The van der Waals surface area contributed by atoms with Gasteiger partial charge in [0.25, 0.3) is 0 Å². The molecule has 6 heteroatoms. The Morgan fingerprint density at radius 2 is 2.00 bits per heavy atom. The van der Waals surface area contributed by atoms with Gasteiger partial charge in [0.2, 0.25) is 5.91 Å². The van der Waals surface area contributed by atoms with Crippen molar-refractivity contribution in [3.05, 3.63) is 52.8 Å². The molecule has 1 atom stereocenters. The van der Waals surface area contributed by atoms with E-state index in [1.165, 1.54) is 11.1 Å². The molecule has 1 aromatic carbocycles. The molecule has 0 bridgehead atoms. The van der Waals surface area contributed by atoms with Crippen LogP contribution in [-0.2, 0) is 16.1 Å². The number of benzene rings is 1. The molecule has 3 rings (SSSR count). The summed E-state index contributed by atoms with van der Waals surface area (Å²) in [4.78, 5) is 16.1. The predicted molar refractivity (Wildman–Crippen MR) is 101 cm³/mol. The van der Waals surface area contributed by atoms with Gasteiger partial charge in [-0.15, -0.1) is 0 Å². The van der Waals surface area contributed by atoms with E-state index in [0.717, 1.165) is 24.5 Å². The van der Waals surface area contributed by atoms with Crippen molar-refractivity contribution in [3.63, 3.8) is 0 Å². The molecule has 2 heterocycles. The molecule has 1 aliphatic rings. The molecule has 0 aliphatic carbocycles. The fourth-order valence-electron chi connectivity index (χ4n) is 3.51. The van der Waals surface area contributed by atoms with Gasteiger partial charge < -0.3 is 9.64 Å². The summed E-state index contributed by atoms with van der Waals surface area (Å²) in [5, 5.41) is 4.77. The highest BCUT2D eigenvalue weighted by Crippen LogP contribution is 2.29. The lowest BCUT2D eigenvalue weighted by Gasteiger charge is -2.36. The molecule has 0 saturated carbocycles. The number of ether oxygens (including phenoxy) is 1. The number of aromatic nitrogens is 2. The second-order valence-electron chi connectivity index (χ2n) is 7.08. The van der Waals surface area contributed by atoms with E-state index < -0.39 is 0 Å². The van der Waals surface area contributed by atoms with Crippen LogP contribution in [0.25, 0.3) is 0 Å². The number of carbonyl (C=O) groups excluding carboxylic acids is 1. The second-order valence-corrected chi connectivity index (χ2v) is 7.08. The molecular weight excluding hydrogens is 328 g/mol. The standard InChI is InChI=1S/C20H28N4O2/c1-15-20(16(2)24(21-15)12-17-8-6-5-7-9-17)18-14-26-11-10-23(18)13-19(25)22(3)4/h5-9,18H,10-14H2,1-4H3/t18-/m1/s1. The Labute approximate surface area is 155 Å². The zero-order chi connectivity index (χ0) is 18.7. The fraction of sp³-hybridized carbons (Fsp3) is 0.500. The van der Waals surface area contributed by atoms with E-state index in [4.69, 9.17) is 9.84 Å². The SMILES string of the molecule is Cc1nn(Cc2ccccc2)c(C)c1[C@H]1COCCN1CC(=O)N(C)C. The number of aryl methyl sites for hydroxylation is 1. The van der Waals surface area contributed by atoms with Crippen LogP contribution in [0.4, 0.5) is 0 Å². The molecule has 1 saturated heterocycles. The van der Waals surface area contributed by atoms with Crippen molar-refractivity contribution in [3.8, 4) is 0 Å². The molecule has 0 radical (unpaired) electrons. The normalized spacial score (nSPS) is 18.1. The maximum Gasteiger partial charge on any atom is 0.236 e. The van der Waals surface area contributed by atoms with Crippen LogP contribution >= 0.6 is 0 Å². The first kappa shape index (κ1) is 18.6. The Kier molecular flexibility index (Phi) is 5.74. The molecule has 1 aliphatic heterocycles. The molecular formula is C20H28N4O2. The molecule has 1 fully saturated rings. The first-order valence-corrected chi connectivity index (χ1v) is 9.07. The molecule has 2 aromatic rings. The summed E-state index contributed by atoms with van der Waals surface area (Å²) in [7, 11) is 3.60. The van der Waals surface area contributed by atoms with Crippen LogP contribution < -0.4 is 0 Å². The van der Waals surface area contributed by atoms with E-state index in [9.17, 15) is 4.79 Å². The number of rotatable bonds is 5. The van der Waals surface area contributed by atoms with Gasteiger partial charge in [-0.05, 0) is 19.4 Å². The topological polar surface area (TPSA) is 50.6 Å². The summed E-state index contributed by atoms with van der Waals surface area (Å²) in [6, 6.07) is 10.4. The monoisotopic (exact) mass is 356 g/mol. The van der Waals surface area contributed by atoms with Gasteiger partial charge >= 0.3 is 0 Å². The molecule has 1 amide bonds. The lowest BCUT2D eigenvalue weighted by atomic mass is 10.0. The van der Waals surface area contributed by atoms with Crippen molar-refractivity contribution in [1.82, 2.24) is 19.6 Å². The number of carbonyl (C=O) groups is 1. The van der Waals surface area contributed by atoms with Gasteiger partial charge in [-0.25, -0.2) is 0 Å². The lowest BCUT2D eigenvalue weighted by molar-refractivity contribution is -0.132. The molecule has 0 N–H and O–H groups in total. The van der Waals surface area contributed by atoms with Crippen LogP contribution in [-0.4, -0.2) is 65.9 Å². The maximum absolute atomic E-state index is 12.2. The highest BCUT2D eigenvalue weighted by Gasteiger charge is 2.31. The number of nitrogens with zero attached hydrogens (tertiary/aromatic N) is 4. The summed E-state index contributed by atoms with van der Waals surface area (Å²) >= 11 is 0. The number of likely N-dealkylation sites (N-methyl/N-ethyl adjacent to an activating group) is 1. The summed E-state index contributed by atoms with van der Waals surface area (Å²) in [5.74, 6) is 0.115. The number of morpholine rings is 1. The van der Waals surface area contributed by atoms with Gasteiger partial charge in [0.15, 0.2) is 0 Å². The summed E-state index contributed by atoms with van der Waals surface area (Å²) in [6.07, 6.45) is 0. The summed E-state index contributed by atoms with van der Waals surface area (Å²) in [6.45, 7) is 7.32. The van der Waals surface area contributed by atoms with Crippen molar-refractivity contribution in [1.29, 1.82) is 0 Å². The number of amides is 1. The molecule has 140 valence electrons. The minimum Gasteiger partial charge on any atom is -0.378 e. The highest BCUT2D eigenvalue weighted by atomic mass is 16.5. The third-order valence-corrected chi connectivity index (χ3v) is 5.02. The van der Waals surface area contributed by atoms with Gasteiger partial charge in [0.05, 0.1) is 38.0 Å². The average molecular weight is 356 g/mol. The van der Waals surface area contributed by atoms with Crippen molar-refractivity contribution >= 4 is 5.91 Å². The lowest BCUT2D eigenvalue weighted by Crippen LogP contribution is -2.45. The molecule has 6 nitrogen and oxygen atoms in total. The van der Waals surface area contributed by atoms with Crippen LogP contribution in [0.5, 0.6) is 0 Å². The molecule has 0 unspecified atom stereocenters. The van der Waals surface area contributed by atoms with E-state index in [0.29, 0.717) is 19.8 Å². The van der Waals surface area contributed by atoms with Crippen molar-refractivity contribution < 1.29 is 9.53 Å². The Bertz CT molecular complexity index is 755. The first-order valence-electron chi connectivity index (χ1n) is 9.07. The minimum atomic E-state index is 0.0668. The zero-order valence-corrected chi connectivity index (χ0v) is 16.1. The highest BCUT2D eigenvalue weighted by molar-refractivity contribution is 5.77. The van der Waals surface area contributed by atoms with Crippen LogP contribution in [0.15, 0.2) is 30.3 Å². The van der Waals surface area contributed by atoms with E-state index in [1.807, 2.05) is 25.1 Å². The Balaban J connectivity index is 1.85. The fourth-order valence-corrected chi connectivity index (χ4v) is 3.51. The Morgan fingerprint density at radius 3 is 2.69 bits per heavy atom. The van der Waals surface area contributed by atoms with Crippen molar-refractivity contribution in [2.24, 2.45) is 0 Å². The molecule has 1 aromatic heterocycles. The predicted octanol–water partition coefficient (Wildman–Crippen LogP) is 2.01. The largest absolute Gasteiger partial charge is 0.378 e. The molecule has 26 heavy (non-hydrogen) atoms. The van der Waals surface area contributed by atoms with Crippen LogP contribution in [0, 0.1) is 13.8 Å². The van der Waals surface area contributed by atoms with Gasteiger partial charge in [0.1, 0.15) is 0 Å². The van der Waals surface area contributed by atoms with Crippen LogP contribution in [0.3, 0.4) is 0 Å². The maximum atomic E-state index is 12.2. The zero-order valence-electron chi connectivity index (χ0n) is 16.1. The third-order valence-electron chi connectivity index (χ3n) is 5.02. The van der Waals surface area contributed by atoms with E-state index in [-0.39, 0.29) is 11.9 Å².